The summed E-state index contributed by atoms with van der Waals surface area (Å²) in [4.78, 5) is 11.2. The smallest absolute Gasteiger partial charge is 0.253 e. The maximum absolute atomic E-state index is 13.5. The molecular weight excluding hydrogens is 209 g/mol. The van der Waals surface area contributed by atoms with Crippen LogP contribution in [-0.4, -0.2) is 18.6 Å². The van der Waals surface area contributed by atoms with Crippen molar-refractivity contribution in [2.45, 2.75) is 19.5 Å². The van der Waals surface area contributed by atoms with Crippen molar-refractivity contribution in [2.75, 3.05) is 12.4 Å². The van der Waals surface area contributed by atoms with Gasteiger partial charge < -0.3 is 16.4 Å². The Morgan fingerprint density at radius 1 is 1.44 bits per heavy atom. The van der Waals surface area contributed by atoms with Crippen LogP contribution in [0.1, 0.15) is 24.2 Å². The van der Waals surface area contributed by atoms with Gasteiger partial charge >= 0.3 is 0 Å². The summed E-state index contributed by atoms with van der Waals surface area (Å²) in [5, 5.41) is 5.28. The Balaban J connectivity index is 2.96. The summed E-state index contributed by atoms with van der Waals surface area (Å²) in [6.07, 6.45) is 0. The average molecular weight is 225 g/mol. The summed E-state index contributed by atoms with van der Waals surface area (Å²) in [6, 6.07) is 4.28. The minimum absolute atomic E-state index is 0.0166. The van der Waals surface area contributed by atoms with Gasteiger partial charge in [-0.2, -0.15) is 0 Å². The summed E-state index contributed by atoms with van der Waals surface area (Å²) in [5.41, 5.74) is 5.65. The molecule has 16 heavy (non-hydrogen) atoms. The molecule has 0 atom stereocenters. The molecule has 4 nitrogen and oxygen atoms in total. The highest BCUT2D eigenvalue weighted by Gasteiger charge is 2.13. The van der Waals surface area contributed by atoms with Crippen LogP contribution >= 0.6 is 0 Å². The van der Waals surface area contributed by atoms with Crippen molar-refractivity contribution >= 4 is 11.6 Å². The number of amides is 1. The molecule has 88 valence electrons. The number of hydrogen-bond donors (Lipinski definition) is 3. The minimum atomic E-state index is -0.638. The van der Waals surface area contributed by atoms with Crippen LogP contribution in [0.3, 0.4) is 0 Å². The van der Waals surface area contributed by atoms with E-state index in [1.54, 1.807) is 19.9 Å². The lowest BCUT2D eigenvalue weighted by molar-refractivity contribution is 0.0959. The molecule has 1 aromatic carbocycles. The molecule has 0 bridgehead atoms. The lowest BCUT2D eigenvalue weighted by atomic mass is 10.1. The number of halogens is 1. The van der Waals surface area contributed by atoms with E-state index in [0.717, 1.165) is 0 Å². The predicted molar refractivity (Wildman–Crippen MR) is 61.7 cm³/mol. The van der Waals surface area contributed by atoms with E-state index in [9.17, 15) is 9.18 Å². The average Bonchev–Trinajstić information content (AvgIpc) is 2.14. The molecule has 5 heteroatoms. The lowest BCUT2D eigenvalue weighted by Gasteiger charge is -2.22. The second-order valence-corrected chi connectivity index (χ2v) is 4.12. The largest absolute Gasteiger partial charge is 0.368 e. The fraction of sp³-hybridized carbons (Fsp3) is 0.364. The Hall–Kier alpha value is -1.62. The number of hydrogen-bond acceptors (Lipinski definition) is 3. The van der Waals surface area contributed by atoms with E-state index >= 15 is 0 Å². The minimum Gasteiger partial charge on any atom is -0.368 e. The Labute approximate surface area is 94.0 Å². The Morgan fingerprint density at radius 2 is 2.06 bits per heavy atom. The Morgan fingerprint density at radius 3 is 2.50 bits per heavy atom. The Bertz CT molecular complexity index is 399. The molecule has 0 aliphatic heterocycles. The zero-order valence-electron chi connectivity index (χ0n) is 9.60. The summed E-state index contributed by atoms with van der Waals surface area (Å²) >= 11 is 0. The van der Waals surface area contributed by atoms with Crippen LogP contribution in [0.2, 0.25) is 0 Å². The summed E-state index contributed by atoms with van der Waals surface area (Å²) < 4.78 is 13.5. The van der Waals surface area contributed by atoms with E-state index < -0.39 is 17.4 Å². The number of nitrogens with one attached hydrogen (secondary N) is 2. The van der Waals surface area contributed by atoms with Crippen LogP contribution in [0.5, 0.6) is 0 Å². The van der Waals surface area contributed by atoms with Gasteiger partial charge in [-0.15, -0.1) is 0 Å². The van der Waals surface area contributed by atoms with Gasteiger partial charge in [0.25, 0.3) is 5.91 Å². The highest BCUT2D eigenvalue weighted by atomic mass is 19.1. The van der Waals surface area contributed by atoms with E-state index in [-0.39, 0.29) is 5.56 Å². The van der Waals surface area contributed by atoms with Crippen LogP contribution < -0.4 is 16.4 Å². The van der Waals surface area contributed by atoms with Crippen molar-refractivity contribution in [1.29, 1.82) is 0 Å². The zero-order chi connectivity index (χ0) is 12.3. The molecule has 1 amide bonds. The standard InChI is InChI=1S/C11H16FN3O/c1-11(2,13)15-7-4-5-8(9(12)6-7)10(16)14-3/h4-6,15H,13H2,1-3H3,(H,14,16). The molecule has 0 aliphatic carbocycles. The van der Waals surface area contributed by atoms with Gasteiger partial charge in [0.05, 0.1) is 11.2 Å². The molecule has 0 saturated carbocycles. The number of rotatable bonds is 3. The zero-order valence-corrected chi connectivity index (χ0v) is 9.60. The molecule has 0 heterocycles. The SMILES string of the molecule is CNC(=O)c1ccc(NC(C)(C)N)cc1F. The Kier molecular flexibility index (Phi) is 3.49. The van der Waals surface area contributed by atoms with Crippen LogP contribution in [0.15, 0.2) is 18.2 Å². The molecule has 0 aromatic heterocycles. The third kappa shape index (κ3) is 3.20. The van der Waals surface area contributed by atoms with Crippen molar-refractivity contribution in [1.82, 2.24) is 5.32 Å². The van der Waals surface area contributed by atoms with Crippen molar-refractivity contribution in [3.8, 4) is 0 Å². The molecule has 0 aliphatic rings. The molecule has 4 N–H and O–H groups in total. The molecule has 1 aromatic rings. The fourth-order valence-electron chi connectivity index (χ4n) is 1.28. The summed E-state index contributed by atoms with van der Waals surface area (Å²) in [7, 11) is 1.46. The third-order valence-electron chi connectivity index (χ3n) is 1.91. The van der Waals surface area contributed by atoms with Crippen molar-refractivity contribution < 1.29 is 9.18 Å². The van der Waals surface area contributed by atoms with Gasteiger partial charge in [0.1, 0.15) is 5.82 Å². The normalized spacial score (nSPS) is 11.1. The highest BCUT2D eigenvalue weighted by molar-refractivity contribution is 5.94. The third-order valence-corrected chi connectivity index (χ3v) is 1.91. The van der Waals surface area contributed by atoms with E-state index in [4.69, 9.17) is 5.73 Å². The van der Waals surface area contributed by atoms with Gasteiger partial charge in [0, 0.05) is 12.7 Å². The molecule has 0 saturated heterocycles. The van der Waals surface area contributed by atoms with Crippen LogP contribution in [0.25, 0.3) is 0 Å². The van der Waals surface area contributed by atoms with E-state index in [1.807, 2.05) is 0 Å². The van der Waals surface area contributed by atoms with E-state index in [0.29, 0.717) is 5.69 Å². The first-order chi connectivity index (χ1) is 7.33. The van der Waals surface area contributed by atoms with Crippen molar-refractivity contribution in [3.05, 3.63) is 29.6 Å². The topological polar surface area (TPSA) is 67.2 Å². The van der Waals surface area contributed by atoms with Gasteiger partial charge in [0.2, 0.25) is 0 Å². The molecule has 0 unspecified atom stereocenters. The highest BCUT2D eigenvalue weighted by Crippen LogP contribution is 2.16. The van der Waals surface area contributed by atoms with Crippen LogP contribution in [0.4, 0.5) is 10.1 Å². The van der Waals surface area contributed by atoms with Crippen LogP contribution in [0, 0.1) is 5.82 Å². The molecule has 0 fully saturated rings. The van der Waals surface area contributed by atoms with E-state index in [1.165, 1.54) is 19.2 Å². The molecule has 1 rings (SSSR count). The number of nitrogens with two attached hydrogens (primary N) is 1. The summed E-state index contributed by atoms with van der Waals surface area (Å²) in [5.74, 6) is -1.02. The number of carbonyl (C=O) groups is 1. The first-order valence-electron chi connectivity index (χ1n) is 4.92. The van der Waals surface area contributed by atoms with Gasteiger partial charge in [0.15, 0.2) is 0 Å². The van der Waals surface area contributed by atoms with Gasteiger partial charge in [-0.25, -0.2) is 4.39 Å². The van der Waals surface area contributed by atoms with Gasteiger partial charge in [-0.3, -0.25) is 4.79 Å². The second-order valence-electron chi connectivity index (χ2n) is 4.12. The quantitative estimate of drug-likeness (QED) is 0.679. The van der Waals surface area contributed by atoms with Gasteiger partial charge in [-0.05, 0) is 32.0 Å². The van der Waals surface area contributed by atoms with Crippen LogP contribution in [-0.2, 0) is 0 Å². The maximum atomic E-state index is 13.5. The monoisotopic (exact) mass is 225 g/mol. The number of anilines is 1. The first-order valence-corrected chi connectivity index (χ1v) is 4.92. The van der Waals surface area contributed by atoms with E-state index in [2.05, 4.69) is 10.6 Å². The number of carbonyl (C=O) groups excluding carboxylic acids is 1. The first kappa shape index (κ1) is 12.4. The molecule has 0 radical (unpaired) electrons. The molecular formula is C11H16FN3O. The predicted octanol–water partition coefficient (Wildman–Crippen LogP) is 1.29. The van der Waals surface area contributed by atoms with Crippen molar-refractivity contribution in [3.63, 3.8) is 0 Å². The van der Waals surface area contributed by atoms with Gasteiger partial charge in [-0.1, -0.05) is 0 Å². The van der Waals surface area contributed by atoms with Crippen molar-refractivity contribution in [2.24, 2.45) is 5.73 Å². The maximum Gasteiger partial charge on any atom is 0.253 e. The summed E-state index contributed by atoms with van der Waals surface area (Å²) in [6.45, 7) is 3.52. The molecule has 0 spiro atoms. The lowest BCUT2D eigenvalue weighted by Crippen LogP contribution is -2.40. The number of benzene rings is 1. The fourth-order valence-corrected chi connectivity index (χ4v) is 1.28. The second kappa shape index (κ2) is 4.49.